The van der Waals surface area contributed by atoms with Crippen molar-refractivity contribution < 1.29 is 19.2 Å². The summed E-state index contributed by atoms with van der Waals surface area (Å²) in [6, 6.07) is 0. The van der Waals surface area contributed by atoms with Gasteiger partial charge in [0.1, 0.15) is 0 Å². The van der Waals surface area contributed by atoms with E-state index in [1.54, 1.807) is 0 Å². The summed E-state index contributed by atoms with van der Waals surface area (Å²) in [6.07, 6.45) is 0.190. The molecule has 0 saturated heterocycles. The fraction of sp³-hybridized carbons (Fsp3) is 0.667. The Bertz CT molecular complexity index is 160. The molecule has 2 amide bonds. The van der Waals surface area contributed by atoms with E-state index >= 15 is 0 Å². The molecule has 0 fully saturated rings. The minimum Gasteiger partial charge on any atom is -0.384 e. The Morgan fingerprint density at radius 2 is 2.17 bits per heavy atom. The van der Waals surface area contributed by atoms with Gasteiger partial charge in [0.25, 0.3) is 0 Å². The highest BCUT2D eigenvalue weighted by molar-refractivity contribution is 5.76. The van der Waals surface area contributed by atoms with Gasteiger partial charge in [0.2, 0.25) is 11.8 Å². The molecular formula is C6H12N2O4. The average Bonchev–Trinajstić information content (AvgIpc) is 2.00. The first-order valence-corrected chi connectivity index (χ1v) is 3.34. The molecule has 0 aliphatic rings. The lowest BCUT2D eigenvalue weighted by atomic mass is 10.4. The number of methoxy groups -OCH3 is 1. The zero-order valence-corrected chi connectivity index (χ0v) is 6.83. The number of primary amides is 1. The van der Waals surface area contributed by atoms with Gasteiger partial charge in [-0.15, -0.1) is 0 Å². The van der Waals surface area contributed by atoms with Crippen molar-refractivity contribution in [3.05, 3.63) is 0 Å². The van der Waals surface area contributed by atoms with Crippen LogP contribution in [0.4, 0.5) is 0 Å². The summed E-state index contributed by atoms with van der Waals surface area (Å²) in [5, 5.41) is 0. The first kappa shape index (κ1) is 10.9. The van der Waals surface area contributed by atoms with E-state index in [-0.39, 0.29) is 18.9 Å². The quantitative estimate of drug-likeness (QED) is 0.485. The Morgan fingerprint density at radius 3 is 2.67 bits per heavy atom. The van der Waals surface area contributed by atoms with Crippen LogP contribution in [0.1, 0.15) is 6.42 Å². The van der Waals surface area contributed by atoms with Crippen molar-refractivity contribution in [3.63, 3.8) is 0 Å². The van der Waals surface area contributed by atoms with E-state index in [4.69, 9.17) is 5.73 Å². The predicted molar refractivity (Wildman–Crippen MR) is 39.8 cm³/mol. The topological polar surface area (TPSA) is 90.7 Å². The maximum absolute atomic E-state index is 10.7. The van der Waals surface area contributed by atoms with Crippen molar-refractivity contribution >= 4 is 11.8 Å². The molecule has 0 aliphatic carbocycles. The summed E-state index contributed by atoms with van der Waals surface area (Å²) in [6.45, 7) is -0.00944. The number of hydrogen-bond acceptors (Lipinski definition) is 4. The highest BCUT2D eigenvalue weighted by atomic mass is 16.7. The van der Waals surface area contributed by atoms with Crippen molar-refractivity contribution in [2.45, 2.75) is 6.42 Å². The van der Waals surface area contributed by atoms with Crippen molar-refractivity contribution in [3.8, 4) is 0 Å². The summed E-state index contributed by atoms with van der Waals surface area (Å²) >= 11 is 0. The van der Waals surface area contributed by atoms with Crippen LogP contribution in [0.25, 0.3) is 0 Å². The van der Waals surface area contributed by atoms with Gasteiger partial charge in [-0.3, -0.25) is 14.4 Å². The molecule has 0 aromatic carbocycles. The molecule has 3 N–H and O–H groups in total. The monoisotopic (exact) mass is 176 g/mol. The molecule has 0 bridgehead atoms. The first-order valence-electron chi connectivity index (χ1n) is 3.34. The van der Waals surface area contributed by atoms with Crippen LogP contribution >= 0.6 is 0 Å². The third-order valence-corrected chi connectivity index (χ3v) is 0.934. The molecule has 70 valence electrons. The van der Waals surface area contributed by atoms with Gasteiger partial charge in [0, 0.05) is 7.11 Å². The smallest absolute Gasteiger partial charge is 0.246 e. The Balaban J connectivity index is 3.25. The highest BCUT2D eigenvalue weighted by Gasteiger charge is 2.00. The van der Waals surface area contributed by atoms with Gasteiger partial charge in [-0.1, -0.05) is 0 Å². The van der Waals surface area contributed by atoms with Gasteiger partial charge in [0.15, 0.2) is 6.61 Å². The molecule has 6 heteroatoms. The number of ether oxygens (including phenoxy) is 1. The third kappa shape index (κ3) is 6.97. The van der Waals surface area contributed by atoms with Gasteiger partial charge in [-0.05, 0) is 0 Å². The lowest BCUT2D eigenvalue weighted by Gasteiger charge is -2.02. The van der Waals surface area contributed by atoms with Gasteiger partial charge < -0.3 is 10.5 Å². The molecule has 0 heterocycles. The van der Waals surface area contributed by atoms with E-state index in [0.29, 0.717) is 6.61 Å². The zero-order chi connectivity index (χ0) is 9.40. The molecule has 0 saturated carbocycles. The second kappa shape index (κ2) is 6.56. The minimum atomic E-state index is -0.637. The van der Waals surface area contributed by atoms with Crippen LogP contribution in [0.5, 0.6) is 0 Å². The summed E-state index contributed by atoms with van der Waals surface area (Å²) in [4.78, 5) is 25.3. The maximum Gasteiger partial charge on any atom is 0.246 e. The zero-order valence-electron chi connectivity index (χ0n) is 6.83. The van der Waals surface area contributed by atoms with Crippen LogP contribution in [0, 0.1) is 0 Å². The molecule has 0 spiro atoms. The largest absolute Gasteiger partial charge is 0.384 e. The fourth-order valence-corrected chi connectivity index (χ4v) is 0.433. The van der Waals surface area contributed by atoms with Gasteiger partial charge in [0.05, 0.1) is 13.0 Å². The van der Waals surface area contributed by atoms with Crippen LogP contribution in [0.15, 0.2) is 0 Å². The molecule has 0 aromatic heterocycles. The van der Waals surface area contributed by atoms with Crippen LogP contribution in [0.3, 0.4) is 0 Å². The molecule has 0 aromatic rings. The fourth-order valence-electron chi connectivity index (χ4n) is 0.433. The lowest BCUT2D eigenvalue weighted by Crippen LogP contribution is -2.29. The van der Waals surface area contributed by atoms with Crippen molar-refractivity contribution in [2.75, 3.05) is 20.3 Å². The Kier molecular flexibility index (Phi) is 5.94. The number of rotatable bonds is 6. The Labute approximate surface area is 70.0 Å². The van der Waals surface area contributed by atoms with Crippen molar-refractivity contribution in [1.29, 1.82) is 0 Å². The SMILES string of the molecule is COCCC(=O)NOCC(N)=O. The normalized spacial score (nSPS) is 9.42. The number of amides is 2. The number of carbonyl (C=O) groups is 2. The van der Waals surface area contributed by atoms with Crippen LogP contribution in [-0.2, 0) is 19.2 Å². The van der Waals surface area contributed by atoms with Crippen molar-refractivity contribution in [1.82, 2.24) is 5.48 Å². The van der Waals surface area contributed by atoms with E-state index in [2.05, 4.69) is 9.57 Å². The molecular weight excluding hydrogens is 164 g/mol. The van der Waals surface area contributed by atoms with E-state index in [1.165, 1.54) is 7.11 Å². The molecule has 0 radical (unpaired) electrons. The number of nitrogens with two attached hydrogens (primary N) is 1. The molecule has 12 heavy (non-hydrogen) atoms. The van der Waals surface area contributed by atoms with E-state index in [0.717, 1.165) is 0 Å². The third-order valence-electron chi connectivity index (χ3n) is 0.934. The van der Waals surface area contributed by atoms with Crippen LogP contribution < -0.4 is 11.2 Å². The second-order valence-corrected chi connectivity index (χ2v) is 2.02. The van der Waals surface area contributed by atoms with Gasteiger partial charge >= 0.3 is 0 Å². The average molecular weight is 176 g/mol. The molecule has 0 unspecified atom stereocenters. The number of hydrogen-bond donors (Lipinski definition) is 2. The van der Waals surface area contributed by atoms with Gasteiger partial charge in [-0.25, -0.2) is 5.48 Å². The molecule has 0 rings (SSSR count). The standard InChI is InChI=1S/C6H12N2O4/c1-11-3-2-6(10)8-12-4-5(7)9/h2-4H2,1H3,(H2,7,9)(H,8,10). The Morgan fingerprint density at radius 1 is 1.50 bits per heavy atom. The van der Waals surface area contributed by atoms with E-state index < -0.39 is 5.91 Å². The second-order valence-electron chi connectivity index (χ2n) is 2.02. The van der Waals surface area contributed by atoms with Crippen molar-refractivity contribution in [2.24, 2.45) is 5.73 Å². The van der Waals surface area contributed by atoms with E-state index in [9.17, 15) is 9.59 Å². The number of nitrogens with one attached hydrogen (secondary N) is 1. The highest BCUT2D eigenvalue weighted by Crippen LogP contribution is 1.80. The summed E-state index contributed by atoms with van der Waals surface area (Å²) in [5.41, 5.74) is 6.77. The maximum atomic E-state index is 10.7. The lowest BCUT2D eigenvalue weighted by molar-refractivity contribution is -0.138. The predicted octanol–water partition coefficient (Wildman–Crippen LogP) is -1.44. The van der Waals surface area contributed by atoms with Crippen LogP contribution in [-0.4, -0.2) is 32.1 Å². The molecule has 0 aliphatic heterocycles. The summed E-state index contributed by atoms with van der Waals surface area (Å²) in [5.74, 6) is -0.986. The summed E-state index contributed by atoms with van der Waals surface area (Å²) in [7, 11) is 1.48. The number of carbonyl (C=O) groups excluding carboxylic acids is 2. The number of hydroxylamine groups is 1. The van der Waals surface area contributed by atoms with Crippen LogP contribution in [0.2, 0.25) is 0 Å². The molecule has 6 nitrogen and oxygen atoms in total. The Hall–Kier alpha value is -1.14. The summed E-state index contributed by atoms with van der Waals surface area (Å²) < 4.78 is 4.63. The first-order chi connectivity index (χ1) is 5.66. The van der Waals surface area contributed by atoms with E-state index in [1.807, 2.05) is 5.48 Å². The minimum absolute atomic E-state index is 0.190. The van der Waals surface area contributed by atoms with Gasteiger partial charge in [-0.2, -0.15) is 0 Å². The molecule has 0 atom stereocenters.